The smallest absolute Gasteiger partial charge is 0.278 e. The molecule has 1 amide bonds. The van der Waals surface area contributed by atoms with Crippen molar-refractivity contribution in [3.63, 3.8) is 0 Å². The molecule has 108 valence electrons. The number of aromatic nitrogens is 4. The Kier molecular flexibility index (Phi) is 2.93. The third-order valence-corrected chi connectivity index (χ3v) is 3.77. The molecule has 1 aliphatic rings. The molecule has 0 unspecified atom stereocenters. The van der Waals surface area contributed by atoms with Crippen molar-refractivity contribution in [2.75, 3.05) is 11.4 Å². The number of rotatable bonds is 2. The van der Waals surface area contributed by atoms with Gasteiger partial charge in [-0.05, 0) is 30.2 Å². The minimum Gasteiger partial charge on any atom is -0.306 e. The highest BCUT2D eigenvalue weighted by molar-refractivity contribution is 6.05. The summed E-state index contributed by atoms with van der Waals surface area (Å²) in [7, 11) is 0. The van der Waals surface area contributed by atoms with E-state index in [1.165, 1.54) is 5.56 Å². The van der Waals surface area contributed by atoms with Crippen LogP contribution in [-0.2, 0) is 6.42 Å². The largest absolute Gasteiger partial charge is 0.306 e. The fourth-order valence-electron chi connectivity index (χ4n) is 2.66. The summed E-state index contributed by atoms with van der Waals surface area (Å²) in [4.78, 5) is 18.3. The summed E-state index contributed by atoms with van der Waals surface area (Å²) in [5, 5.41) is 8.16. The zero-order chi connectivity index (χ0) is 14.9. The Bertz CT molecular complexity index is 811. The van der Waals surface area contributed by atoms with Crippen LogP contribution < -0.4 is 4.90 Å². The fourth-order valence-corrected chi connectivity index (χ4v) is 2.66. The number of imidazole rings is 1. The molecule has 0 N–H and O–H groups in total. The molecule has 0 bridgehead atoms. The van der Waals surface area contributed by atoms with E-state index >= 15 is 0 Å². The maximum atomic E-state index is 12.6. The van der Waals surface area contributed by atoms with Gasteiger partial charge < -0.3 is 4.90 Å². The number of carbonyl (C=O) groups excluding carboxylic acids is 1. The van der Waals surface area contributed by atoms with Gasteiger partial charge in [0.2, 0.25) is 0 Å². The molecule has 0 saturated carbocycles. The van der Waals surface area contributed by atoms with Crippen molar-refractivity contribution < 1.29 is 4.79 Å². The molecule has 6 heteroatoms. The van der Waals surface area contributed by atoms with E-state index in [2.05, 4.69) is 21.2 Å². The Morgan fingerprint density at radius 1 is 1.09 bits per heavy atom. The van der Waals surface area contributed by atoms with Crippen LogP contribution in [-0.4, -0.2) is 32.2 Å². The van der Waals surface area contributed by atoms with Gasteiger partial charge >= 0.3 is 0 Å². The van der Waals surface area contributed by atoms with E-state index in [4.69, 9.17) is 0 Å². The molecule has 0 spiro atoms. The Hall–Kier alpha value is -3.02. The van der Waals surface area contributed by atoms with Crippen molar-refractivity contribution >= 4 is 11.6 Å². The molecule has 1 aromatic carbocycles. The summed E-state index contributed by atoms with van der Waals surface area (Å²) in [6.45, 7) is 0.684. The van der Waals surface area contributed by atoms with E-state index in [0.717, 1.165) is 12.1 Å². The SMILES string of the molecule is O=C(c1ccc(-n2ccnc2)nn1)N1CCc2ccccc21. The van der Waals surface area contributed by atoms with Crippen LogP contribution >= 0.6 is 0 Å². The van der Waals surface area contributed by atoms with Gasteiger partial charge in [0.15, 0.2) is 11.5 Å². The van der Waals surface area contributed by atoms with E-state index in [9.17, 15) is 4.79 Å². The number of anilines is 1. The molecule has 0 radical (unpaired) electrons. The number of fused-ring (bicyclic) bond motifs is 1. The van der Waals surface area contributed by atoms with Crippen molar-refractivity contribution in [1.29, 1.82) is 0 Å². The minimum atomic E-state index is -0.116. The lowest BCUT2D eigenvalue weighted by Crippen LogP contribution is -2.29. The average molecular weight is 291 g/mol. The van der Waals surface area contributed by atoms with Gasteiger partial charge in [-0.1, -0.05) is 18.2 Å². The Morgan fingerprint density at radius 3 is 2.77 bits per heavy atom. The normalized spacial score (nSPS) is 13.2. The van der Waals surface area contributed by atoms with Crippen molar-refractivity contribution in [3.05, 3.63) is 66.4 Å². The molecule has 0 fully saturated rings. The second kappa shape index (κ2) is 5.07. The first-order valence-electron chi connectivity index (χ1n) is 7.05. The van der Waals surface area contributed by atoms with Crippen molar-refractivity contribution in [2.24, 2.45) is 0 Å². The molecular weight excluding hydrogens is 278 g/mol. The van der Waals surface area contributed by atoms with Crippen LogP contribution in [0.4, 0.5) is 5.69 Å². The fraction of sp³-hybridized carbons (Fsp3) is 0.125. The van der Waals surface area contributed by atoms with Crippen molar-refractivity contribution in [3.8, 4) is 5.82 Å². The quantitative estimate of drug-likeness (QED) is 0.723. The zero-order valence-electron chi connectivity index (χ0n) is 11.8. The molecule has 3 heterocycles. The van der Waals surface area contributed by atoms with E-state index in [-0.39, 0.29) is 5.91 Å². The number of benzene rings is 1. The van der Waals surface area contributed by atoms with Gasteiger partial charge in [0.1, 0.15) is 6.33 Å². The molecular formula is C16H13N5O. The van der Waals surface area contributed by atoms with Crippen molar-refractivity contribution in [2.45, 2.75) is 6.42 Å². The lowest BCUT2D eigenvalue weighted by molar-refractivity contribution is 0.0983. The second-order valence-corrected chi connectivity index (χ2v) is 5.08. The predicted octanol–water partition coefficient (Wildman–Crippen LogP) is 1.87. The first-order chi connectivity index (χ1) is 10.8. The highest BCUT2D eigenvalue weighted by atomic mass is 16.2. The van der Waals surface area contributed by atoms with Gasteiger partial charge in [0.05, 0.1) is 0 Å². The molecule has 0 aliphatic carbocycles. The highest BCUT2D eigenvalue weighted by Crippen LogP contribution is 2.28. The lowest BCUT2D eigenvalue weighted by Gasteiger charge is -2.16. The summed E-state index contributed by atoms with van der Waals surface area (Å²) in [5.74, 6) is 0.519. The Morgan fingerprint density at radius 2 is 2.00 bits per heavy atom. The number of para-hydroxylation sites is 1. The molecule has 0 saturated heterocycles. The Balaban J connectivity index is 1.61. The van der Waals surface area contributed by atoms with Crippen LogP contribution in [0, 0.1) is 0 Å². The van der Waals surface area contributed by atoms with Gasteiger partial charge in [0.25, 0.3) is 5.91 Å². The number of amides is 1. The highest BCUT2D eigenvalue weighted by Gasteiger charge is 2.26. The predicted molar refractivity (Wildman–Crippen MR) is 81.0 cm³/mol. The third-order valence-electron chi connectivity index (χ3n) is 3.77. The van der Waals surface area contributed by atoms with E-state index in [0.29, 0.717) is 18.1 Å². The maximum absolute atomic E-state index is 12.6. The zero-order valence-corrected chi connectivity index (χ0v) is 11.8. The lowest BCUT2D eigenvalue weighted by atomic mass is 10.2. The topological polar surface area (TPSA) is 63.9 Å². The van der Waals surface area contributed by atoms with Gasteiger partial charge in [-0.2, -0.15) is 0 Å². The van der Waals surface area contributed by atoms with Crippen LogP contribution in [0.2, 0.25) is 0 Å². The summed E-state index contributed by atoms with van der Waals surface area (Å²) < 4.78 is 1.74. The summed E-state index contributed by atoms with van der Waals surface area (Å²) >= 11 is 0. The molecule has 1 aliphatic heterocycles. The standard InChI is InChI=1S/C16H13N5O/c22-16(21-9-7-12-3-1-2-4-14(12)21)13-5-6-15(19-18-13)20-10-8-17-11-20/h1-6,8,10-11H,7,9H2. The third kappa shape index (κ3) is 2.05. The summed E-state index contributed by atoms with van der Waals surface area (Å²) in [5.41, 5.74) is 2.51. The van der Waals surface area contributed by atoms with E-state index < -0.39 is 0 Å². The molecule has 6 nitrogen and oxygen atoms in total. The number of hydrogen-bond acceptors (Lipinski definition) is 4. The molecule has 4 rings (SSSR count). The molecule has 22 heavy (non-hydrogen) atoms. The number of hydrogen-bond donors (Lipinski definition) is 0. The summed E-state index contributed by atoms with van der Waals surface area (Å²) in [6, 6.07) is 11.4. The number of nitrogens with zero attached hydrogens (tertiary/aromatic N) is 5. The van der Waals surface area contributed by atoms with Gasteiger partial charge in [0, 0.05) is 24.6 Å². The first kappa shape index (κ1) is 12.7. The average Bonchev–Trinajstić information content (AvgIpc) is 3.24. The van der Waals surface area contributed by atoms with Crippen LogP contribution in [0.1, 0.15) is 16.1 Å². The molecule has 3 aromatic rings. The van der Waals surface area contributed by atoms with E-state index in [1.807, 2.05) is 18.2 Å². The summed E-state index contributed by atoms with van der Waals surface area (Å²) in [6.07, 6.45) is 5.97. The van der Waals surface area contributed by atoms with Crippen LogP contribution in [0.3, 0.4) is 0 Å². The minimum absolute atomic E-state index is 0.116. The first-order valence-corrected chi connectivity index (χ1v) is 7.05. The molecule has 2 aromatic heterocycles. The second-order valence-electron chi connectivity index (χ2n) is 5.08. The van der Waals surface area contributed by atoms with Crippen LogP contribution in [0.15, 0.2) is 55.1 Å². The van der Waals surface area contributed by atoms with Gasteiger partial charge in [-0.15, -0.1) is 10.2 Å². The Labute approximate surface area is 127 Å². The van der Waals surface area contributed by atoms with E-state index in [1.54, 1.807) is 40.3 Å². The van der Waals surface area contributed by atoms with Crippen LogP contribution in [0.5, 0.6) is 0 Å². The van der Waals surface area contributed by atoms with Crippen LogP contribution in [0.25, 0.3) is 5.82 Å². The van der Waals surface area contributed by atoms with Gasteiger partial charge in [-0.3, -0.25) is 9.36 Å². The maximum Gasteiger partial charge on any atom is 0.278 e. The van der Waals surface area contributed by atoms with Gasteiger partial charge in [-0.25, -0.2) is 4.98 Å². The van der Waals surface area contributed by atoms with Crippen molar-refractivity contribution in [1.82, 2.24) is 19.7 Å². The number of carbonyl (C=O) groups is 1. The molecule has 0 atom stereocenters. The monoisotopic (exact) mass is 291 g/mol.